The highest BCUT2D eigenvalue weighted by molar-refractivity contribution is 6.07. The molecule has 6 saturated heterocycles. The number of aromatic nitrogens is 12. The van der Waals surface area contributed by atoms with E-state index in [0.29, 0.717) is 13.7 Å². The SMILES string of the molecule is [2H]c1c([2H])c(N)c2c(=O)n(C3(C([2H])([2H])[2H])CCC(=O)NC3=O)c(C([2H])([2H])[2H])nc2c1[2H].[2H]c1c([2H])c(N)c2c(=O)n(C3(C([2H])([2H])[2H])CCC(=O)NC3=O)c(C([2H])([2H])[2H])nc2c1[2H].[2H]c1c([2H])c(N)c2c(=O)n(C3(C([2H])([2H])[2H])CCC(=O)NC3=O)c(C([2H])([2H])[2H])nc2c1[2H].[2H]c1c([2H])c(N)c2c(=O)n(C3(C)CCC(=O)NC3=O)c(C([2H])([2H])[2H])nc2c1[2H].[2H]c1c([2H])c(N)c2c(=O)n([C@@]3(C)CCC(=O)NC3=O)c(C([2H])([2H])[2H])nc2c1[2H].[2H]c1c([2H])c(N)c2c(=O)n([C@]3(C)CCC(=O)NC3=O)c(C([2H])([2H])[2H])nc2c1[2H]. The van der Waals surface area contributed by atoms with Gasteiger partial charge in [0.15, 0.2) is 0 Å². The Hall–Kier alpha value is -16.2. The third kappa shape index (κ3) is 16.5. The minimum atomic E-state index is -3.30. The number of rotatable bonds is 6. The fourth-order valence-corrected chi connectivity index (χ4v) is 14.6. The second kappa shape index (κ2) is 35.1. The molecule has 18 rings (SSSR count). The number of anilines is 6. The lowest BCUT2D eigenvalue weighted by Crippen LogP contribution is -2.56. The lowest BCUT2D eigenvalue weighted by molar-refractivity contribution is -0.141. The molecule has 0 bridgehead atoms. The number of hydrogen-bond donors (Lipinski definition) is 12. The van der Waals surface area contributed by atoms with E-state index in [1.165, 1.54) is 20.8 Å². The molecule has 0 aliphatic carbocycles. The molecule has 6 fully saturated rings. The number of aryl methyl sites for hydroxylation is 6. The van der Waals surface area contributed by atoms with Crippen LogP contribution in [-0.4, -0.2) is 128 Å². The zero-order valence-electron chi connectivity index (χ0n) is 113. The van der Waals surface area contributed by atoms with Crippen molar-refractivity contribution in [3.05, 3.63) is 206 Å². The number of amides is 12. The summed E-state index contributed by atoms with van der Waals surface area (Å²) in [5.41, 5.74) is 7.60. The van der Waals surface area contributed by atoms with Crippen LogP contribution >= 0.6 is 0 Å². The van der Waals surface area contributed by atoms with Crippen LogP contribution in [-0.2, 0) is 90.8 Å². The van der Waals surface area contributed by atoms with Gasteiger partial charge in [-0.15, -0.1) is 0 Å². The molecule has 132 heavy (non-hydrogen) atoms. The van der Waals surface area contributed by atoms with E-state index in [1.807, 2.05) is 16.0 Å². The maximum atomic E-state index is 13.5. The Morgan fingerprint density at radius 2 is 0.394 bits per heavy atom. The molecule has 12 amide bonds. The molecule has 6 atom stereocenters. The molecule has 0 radical (unpaired) electrons. The van der Waals surface area contributed by atoms with Crippen molar-refractivity contribution in [1.29, 1.82) is 0 Å². The number of imide groups is 6. The zero-order valence-corrected chi connectivity index (χ0v) is 68.2. The Labute approximate surface area is 810 Å². The quantitative estimate of drug-likeness (QED) is 0.0841. The molecule has 12 aromatic rings. The summed E-state index contributed by atoms with van der Waals surface area (Å²) >= 11 is 0. The van der Waals surface area contributed by atoms with Gasteiger partial charge in [0.2, 0.25) is 35.4 Å². The van der Waals surface area contributed by atoms with E-state index in [2.05, 4.69) is 45.9 Å². The van der Waals surface area contributed by atoms with Crippen LogP contribution in [0.25, 0.3) is 65.4 Å². The molecule has 18 N–H and O–H groups in total. The Balaban J connectivity index is 0.000000173. The van der Waals surface area contributed by atoms with Gasteiger partial charge >= 0.3 is 0 Å². The van der Waals surface area contributed by atoms with E-state index >= 15 is 0 Å². The van der Waals surface area contributed by atoms with Crippen LogP contribution in [0.4, 0.5) is 34.1 Å². The number of carbonyl (C=O) groups is 12. The lowest BCUT2D eigenvalue weighted by Gasteiger charge is -2.34. The number of fused-ring (bicyclic) bond motifs is 6. The van der Waals surface area contributed by atoms with Gasteiger partial charge in [0, 0.05) is 110 Å². The minimum absolute atomic E-state index is 0.123. The van der Waals surface area contributed by atoms with Gasteiger partial charge in [0.25, 0.3) is 68.8 Å². The fraction of sp³-hybridized carbons (Fsp3) is 0.333. The standard InChI is InChI=1S/6C15H16N4O3/c6*1-8-17-10-5-3-4-9(16)12(10)13(21)19(8)15(2)7-6-11(20)18-14(15)22/h6*3-5H,6-7,16H2,1-2H3,(H,18,20,22)/t2*15-;;;;/m10..../s1/i2*1D3,3D,4D,5D;3*1D3,2D3,3D,4D,5D;1D3,3D,4D,5D. The molecule has 6 aromatic carbocycles. The van der Waals surface area contributed by atoms with E-state index in [1.54, 1.807) is 0 Å². The van der Waals surface area contributed by atoms with Gasteiger partial charge in [-0.2, -0.15) is 0 Å². The molecule has 42 heteroatoms. The summed E-state index contributed by atoms with van der Waals surface area (Å²) in [6.07, 6.45) is -4.46. The van der Waals surface area contributed by atoms with E-state index in [0.717, 1.165) is 0 Å². The van der Waals surface area contributed by atoms with Gasteiger partial charge in [0.1, 0.15) is 68.2 Å². The van der Waals surface area contributed by atoms with Crippen LogP contribution in [0, 0.1) is 41.1 Å². The number of nitrogens with two attached hydrogens (primary N) is 6. The first-order valence-electron chi connectivity index (χ1n) is 60.6. The average molecular weight is 1850 g/mol. The second-order valence-corrected chi connectivity index (χ2v) is 30.2. The van der Waals surface area contributed by atoms with Gasteiger partial charge < -0.3 is 34.4 Å². The second-order valence-electron chi connectivity index (χ2n) is 30.2. The normalized spacial score (nSPS) is 27.7. The third-order valence-electron chi connectivity index (χ3n) is 21.8. The molecule has 0 spiro atoms. The first-order valence-corrected chi connectivity index (χ1v) is 38.1. The van der Waals surface area contributed by atoms with Crippen LogP contribution in [0.3, 0.4) is 0 Å². The number of benzene rings is 6. The smallest absolute Gasteiger partial charge is 0.264 e. The van der Waals surface area contributed by atoms with Gasteiger partial charge in [-0.1, -0.05) is 36.3 Å². The van der Waals surface area contributed by atoms with Crippen molar-refractivity contribution in [3.8, 4) is 0 Å². The highest BCUT2D eigenvalue weighted by Crippen LogP contribution is 2.35. The number of piperidine rings is 6. The fourth-order valence-electron chi connectivity index (χ4n) is 14.6. The van der Waals surface area contributed by atoms with Crippen LogP contribution in [0.5, 0.6) is 0 Å². The van der Waals surface area contributed by atoms with Gasteiger partial charge in [0.05, 0.1) is 90.1 Å². The first kappa shape index (κ1) is 51.1. The molecule has 6 aliphatic heterocycles. The van der Waals surface area contributed by atoms with Crippen molar-refractivity contribution in [2.75, 3.05) is 34.4 Å². The molecule has 684 valence electrons. The number of carbonyl (C=O) groups excluding carboxylic acids is 12. The summed E-state index contributed by atoms with van der Waals surface area (Å²) in [7, 11) is 0. The summed E-state index contributed by atoms with van der Waals surface area (Å²) in [4.78, 5) is 249. The van der Waals surface area contributed by atoms with Crippen molar-refractivity contribution in [2.24, 2.45) is 0 Å². The maximum Gasteiger partial charge on any atom is 0.264 e. The molecule has 4 unspecified atom stereocenters. The highest BCUT2D eigenvalue weighted by atomic mass is 16.2. The third-order valence-corrected chi connectivity index (χ3v) is 21.8. The Kier molecular flexibility index (Phi) is 13.6. The molecule has 0 saturated carbocycles. The van der Waals surface area contributed by atoms with Crippen LogP contribution < -0.4 is 99.7 Å². The largest absolute Gasteiger partial charge is 0.398 e. The van der Waals surface area contributed by atoms with Crippen molar-refractivity contribution >= 4 is 170 Å². The minimum Gasteiger partial charge on any atom is -0.398 e. The number of nitrogens with one attached hydrogen (secondary N) is 6. The van der Waals surface area contributed by atoms with E-state index < -0.39 is 481 Å². The maximum absolute atomic E-state index is 13.5. The van der Waals surface area contributed by atoms with Gasteiger partial charge in [-0.25, -0.2) is 29.9 Å². The summed E-state index contributed by atoms with van der Waals surface area (Å²) in [6, 6.07) is -11.9. The lowest BCUT2D eigenvalue weighted by atomic mass is 9.90. The van der Waals surface area contributed by atoms with Crippen molar-refractivity contribution < 1.29 is 119 Å². The number of nitrogens with zero attached hydrogens (tertiary/aromatic N) is 12. The molecule has 6 aromatic heterocycles. The van der Waals surface area contributed by atoms with Crippen LogP contribution in [0.15, 0.2) is 138 Å². The van der Waals surface area contributed by atoms with Crippen LogP contribution in [0.1, 0.15) is 215 Å². The van der Waals surface area contributed by atoms with Crippen molar-refractivity contribution in [1.82, 2.24) is 89.2 Å². The Morgan fingerprint density at radius 3 is 0.530 bits per heavy atom. The molecular weight excluding hydrogens is 1710 g/mol. The van der Waals surface area contributed by atoms with Gasteiger partial charge in [-0.3, -0.25) is 146 Å². The summed E-state index contributed by atoms with van der Waals surface area (Å²) in [5.74, 6) is -16.6. The monoisotopic (exact) mass is 1850 g/mol. The van der Waals surface area contributed by atoms with Crippen molar-refractivity contribution in [3.63, 3.8) is 0 Å². The highest BCUT2D eigenvalue weighted by Gasteiger charge is 2.49. The molecular formula is C90H96N24O18. The Morgan fingerprint density at radius 1 is 0.250 bits per heavy atom. The average Bonchev–Trinajstić information content (AvgIpc) is 0.674. The summed E-state index contributed by atoms with van der Waals surface area (Å²) < 4.78 is 355. The molecule has 42 nitrogen and oxygen atoms in total. The molecule has 6 aliphatic rings. The first-order chi connectivity index (χ1) is 80.6. The number of nitrogen functional groups attached to an aromatic ring is 6. The Bertz CT molecular complexity index is 8890. The zero-order chi connectivity index (χ0) is 135. The van der Waals surface area contributed by atoms with Gasteiger partial charge in [-0.05, 0) is 193 Å². The van der Waals surface area contributed by atoms with E-state index in [4.69, 9.17) is 96.1 Å². The summed E-state index contributed by atoms with van der Waals surface area (Å²) in [5, 5.41) is 8.53. The van der Waals surface area contributed by atoms with Crippen LogP contribution in [0.2, 0.25) is 0 Å². The summed E-state index contributed by atoms with van der Waals surface area (Å²) in [6.45, 7) is -24.5. The number of hydrogen-bond acceptors (Lipinski definition) is 30. The topological polar surface area (TPSA) is 642 Å². The van der Waals surface area contributed by atoms with E-state index in [-0.39, 0.29) is 52.2 Å². The van der Waals surface area contributed by atoms with Crippen molar-refractivity contribution in [2.45, 2.75) is 193 Å². The van der Waals surface area contributed by atoms with E-state index in [9.17, 15) is 86.3 Å². The predicted octanol–water partition coefficient (Wildman–Crippen LogP) is 2.63. The predicted molar refractivity (Wildman–Crippen MR) is 487 cm³/mol. The molecule has 12 heterocycles.